The first-order valence-electron chi connectivity index (χ1n) is 7.87. The van der Waals surface area contributed by atoms with Gasteiger partial charge in [0.1, 0.15) is 4.90 Å². The minimum atomic E-state index is -3.47. The van der Waals surface area contributed by atoms with Gasteiger partial charge in [-0.25, -0.2) is 8.42 Å². The Morgan fingerprint density at radius 1 is 1.39 bits per heavy atom. The molecule has 8 heteroatoms. The molecule has 126 valence electrons. The van der Waals surface area contributed by atoms with E-state index < -0.39 is 10.0 Å². The van der Waals surface area contributed by atoms with E-state index in [1.807, 2.05) is 13.1 Å². The molecule has 1 aliphatic heterocycles. The van der Waals surface area contributed by atoms with Gasteiger partial charge in [-0.1, -0.05) is 0 Å². The van der Waals surface area contributed by atoms with Crippen molar-refractivity contribution in [2.75, 3.05) is 13.1 Å². The Morgan fingerprint density at radius 2 is 2.17 bits per heavy atom. The summed E-state index contributed by atoms with van der Waals surface area (Å²) in [7, 11) is -1.73. The molecule has 1 atom stereocenters. The molecule has 1 N–H and O–H groups in total. The first-order chi connectivity index (χ1) is 10.9. The second-order valence-electron chi connectivity index (χ2n) is 6.36. The number of nitrogens with zero attached hydrogens (tertiary/aromatic N) is 4. The van der Waals surface area contributed by atoms with Crippen LogP contribution in [0.3, 0.4) is 0 Å². The van der Waals surface area contributed by atoms with Crippen LogP contribution in [0.2, 0.25) is 0 Å². The number of hydrogen-bond donors (Lipinski definition) is 1. The number of rotatable bonds is 4. The first kappa shape index (κ1) is 16.2. The number of piperidine rings is 1. The normalized spacial score (nSPS) is 20.0. The van der Waals surface area contributed by atoms with Crippen molar-refractivity contribution >= 4 is 10.0 Å². The molecule has 2 aromatic heterocycles. The van der Waals surface area contributed by atoms with E-state index >= 15 is 0 Å². The maximum atomic E-state index is 12.9. The molecule has 0 saturated carbocycles. The molecular formula is C15H23N5O2S. The fraction of sp³-hybridized carbons (Fsp3) is 0.600. The Labute approximate surface area is 136 Å². The van der Waals surface area contributed by atoms with Crippen molar-refractivity contribution in [3.8, 4) is 0 Å². The van der Waals surface area contributed by atoms with E-state index in [0.29, 0.717) is 29.6 Å². The Kier molecular flexibility index (Phi) is 4.29. The fourth-order valence-corrected chi connectivity index (χ4v) is 5.01. The van der Waals surface area contributed by atoms with Crippen LogP contribution >= 0.6 is 0 Å². The summed E-state index contributed by atoms with van der Waals surface area (Å²) in [5.74, 6) is 0.314. The third-order valence-corrected chi connectivity index (χ3v) is 6.46. The number of aryl methyl sites for hydroxylation is 3. The maximum absolute atomic E-state index is 12.9. The molecule has 1 aliphatic rings. The number of aromatic amines is 1. The molecule has 0 spiro atoms. The molecule has 2 aromatic rings. The number of sulfonamides is 1. The Hall–Kier alpha value is -1.67. The average molecular weight is 337 g/mol. The molecule has 3 heterocycles. The highest BCUT2D eigenvalue weighted by molar-refractivity contribution is 7.89. The van der Waals surface area contributed by atoms with Crippen molar-refractivity contribution in [3.63, 3.8) is 0 Å². The van der Waals surface area contributed by atoms with Gasteiger partial charge in [-0.05, 0) is 44.6 Å². The van der Waals surface area contributed by atoms with Gasteiger partial charge in [0.25, 0.3) is 0 Å². The zero-order valence-corrected chi connectivity index (χ0v) is 14.6. The van der Waals surface area contributed by atoms with Gasteiger partial charge in [0, 0.05) is 32.0 Å². The maximum Gasteiger partial charge on any atom is 0.246 e. The summed E-state index contributed by atoms with van der Waals surface area (Å²) < 4.78 is 28.9. The van der Waals surface area contributed by atoms with Gasteiger partial charge < -0.3 is 0 Å². The van der Waals surface area contributed by atoms with E-state index in [2.05, 4.69) is 15.3 Å². The zero-order valence-electron chi connectivity index (χ0n) is 13.8. The summed E-state index contributed by atoms with van der Waals surface area (Å²) >= 11 is 0. The lowest BCUT2D eigenvalue weighted by Crippen LogP contribution is -2.40. The fourth-order valence-electron chi connectivity index (χ4n) is 3.25. The highest BCUT2D eigenvalue weighted by Crippen LogP contribution is 2.27. The molecule has 0 aromatic carbocycles. The molecule has 3 rings (SSSR count). The molecule has 1 saturated heterocycles. The smallest absolute Gasteiger partial charge is 0.246 e. The predicted octanol–water partition coefficient (Wildman–Crippen LogP) is 1.40. The lowest BCUT2D eigenvalue weighted by molar-refractivity contribution is 0.264. The SMILES string of the molecule is Cc1cn[nH]c1C[C@@H]1CCCN(S(=O)(=O)c2cn(C)nc2C)C1. The summed E-state index contributed by atoms with van der Waals surface area (Å²) in [6.07, 6.45) is 6.16. The van der Waals surface area contributed by atoms with Gasteiger partial charge in [-0.15, -0.1) is 0 Å². The number of hydrogen-bond acceptors (Lipinski definition) is 4. The van der Waals surface area contributed by atoms with E-state index in [4.69, 9.17) is 0 Å². The van der Waals surface area contributed by atoms with E-state index in [1.54, 1.807) is 29.2 Å². The van der Waals surface area contributed by atoms with Crippen LogP contribution in [-0.4, -0.2) is 45.8 Å². The largest absolute Gasteiger partial charge is 0.282 e. The Bertz CT molecular complexity index is 793. The lowest BCUT2D eigenvalue weighted by Gasteiger charge is -2.31. The van der Waals surface area contributed by atoms with E-state index in [1.165, 1.54) is 0 Å². The monoisotopic (exact) mass is 337 g/mol. The second-order valence-corrected chi connectivity index (χ2v) is 8.27. The van der Waals surface area contributed by atoms with Crippen LogP contribution < -0.4 is 0 Å². The quantitative estimate of drug-likeness (QED) is 0.914. The van der Waals surface area contributed by atoms with Gasteiger partial charge in [0.05, 0.1) is 11.9 Å². The van der Waals surface area contributed by atoms with E-state index in [-0.39, 0.29) is 0 Å². The average Bonchev–Trinajstić information content (AvgIpc) is 3.05. The molecular weight excluding hydrogens is 314 g/mol. The third-order valence-electron chi connectivity index (χ3n) is 4.49. The van der Waals surface area contributed by atoms with Crippen LogP contribution in [0.25, 0.3) is 0 Å². The van der Waals surface area contributed by atoms with Crippen molar-refractivity contribution < 1.29 is 8.42 Å². The van der Waals surface area contributed by atoms with Crippen molar-refractivity contribution in [1.82, 2.24) is 24.3 Å². The number of H-pyrrole nitrogens is 1. The highest BCUT2D eigenvalue weighted by Gasteiger charge is 2.32. The van der Waals surface area contributed by atoms with E-state index in [9.17, 15) is 8.42 Å². The standard InChI is InChI=1S/C15H23N5O2S/c1-11-8-16-17-14(11)7-13-5-4-6-20(9-13)23(21,22)15-10-19(3)18-12(15)2/h8,10,13H,4-7,9H2,1-3H3,(H,16,17)/t13-/m0/s1. The first-order valence-corrected chi connectivity index (χ1v) is 9.31. The molecule has 0 bridgehead atoms. The molecule has 0 radical (unpaired) electrons. The van der Waals surface area contributed by atoms with Crippen LogP contribution in [0.15, 0.2) is 17.3 Å². The van der Waals surface area contributed by atoms with Crippen molar-refractivity contribution in [3.05, 3.63) is 29.3 Å². The van der Waals surface area contributed by atoms with Gasteiger partial charge >= 0.3 is 0 Å². The van der Waals surface area contributed by atoms with Gasteiger partial charge in [-0.2, -0.15) is 14.5 Å². The van der Waals surface area contributed by atoms with Crippen LogP contribution in [-0.2, 0) is 23.5 Å². The van der Waals surface area contributed by atoms with Crippen LogP contribution in [0.4, 0.5) is 0 Å². The van der Waals surface area contributed by atoms with Crippen LogP contribution in [0, 0.1) is 19.8 Å². The second kappa shape index (κ2) is 6.09. The Balaban J connectivity index is 1.78. The summed E-state index contributed by atoms with van der Waals surface area (Å²) in [6.45, 7) is 4.89. The summed E-state index contributed by atoms with van der Waals surface area (Å²) in [6, 6.07) is 0. The zero-order chi connectivity index (χ0) is 16.6. The van der Waals surface area contributed by atoms with Crippen molar-refractivity contribution in [1.29, 1.82) is 0 Å². The van der Waals surface area contributed by atoms with Gasteiger partial charge in [0.15, 0.2) is 0 Å². The van der Waals surface area contributed by atoms with Crippen LogP contribution in [0.5, 0.6) is 0 Å². The topological polar surface area (TPSA) is 83.9 Å². The van der Waals surface area contributed by atoms with Crippen LogP contribution in [0.1, 0.15) is 29.8 Å². The summed E-state index contributed by atoms with van der Waals surface area (Å²) in [4.78, 5) is 0.318. The summed E-state index contributed by atoms with van der Waals surface area (Å²) in [5, 5.41) is 11.2. The van der Waals surface area contributed by atoms with E-state index in [0.717, 1.165) is 30.5 Å². The molecule has 0 aliphatic carbocycles. The number of aromatic nitrogens is 4. The van der Waals surface area contributed by atoms with Gasteiger partial charge in [-0.3, -0.25) is 9.78 Å². The molecule has 7 nitrogen and oxygen atoms in total. The highest BCUT2D eigenvalue weighted by atomic mass is 32.2. The minimum absolute atomic E-state index is 0.314. The molecule has 23 heavy (non-hydrogen) atoms. The van der Waals surface area contributed by atoms with Gasteiger partial charge in [0.2, 0.25) is 10.0 Å². The third kappa shape index (κ3) is 3.18. The molecule has 0 unspecified atom stereocenters. The van der Waals surface area contributed by atoms with Crippen molar-refractivity contribution in [2.24, 2.45) is 13.0 Å². The van der Waals surface area contributed by atoms with Crippen molar-refractivity contribution in [2.45, 2.75) is 38.0 Å². The molecule has 1 fully saturated rings. The number of nitrogens with one attached hydrogen (secondary N) is 1. The summed E-state index contributed by atoms with van der Waals surface area (Å²) in [5.41, 5.74) is 2.79. The lowest BCUT2D eigenvalue weighted by atomic mass is 9.94. The Morgan fingerprint density at radius 3 is 2.78 bits per heavy atom. The predicted molar refractivity (Wildman–Crippen MR) is 86.5 cm³/mol. The molecule has 0 amide bonds. The minimum Gasteiger partial charge on any atom is -0.282 e.